The predicted molar refractivity (Wildman–Crippen MR) is 36.9 cm³/mol. The molecule has 1 aliphatic heterocycles. The summed E-state index contributed by atoms with van der Waals surface area (Å²) in [6.45, 7) is 2.47. The molecule has 66 valence electrons. The minimum absolute atomic E-state index is 0.342. The van der Waals surface area contributed by atoms with Gasteiger partial charge in [-0.3, -0.25) is 0 Å². The van der Waals surface area contributed by atoms with Gasteiger partial charge < -0.3 is 14.9 Å². The van der Waals surface area contributed by atoms with E-state index in [9.17, 15) is 9.50 Å². The molecular weight excluding hydrogens is 151 g/mol. The van der Waals surface area contributed by atoms with Crippen molar-refractivity contribution in [1.82, 2.24) is 0 Å². The van der Waals surface area contributed by atoms with Crippen molar-refractivity contribution < 1.29 is 19.3 Å². The number of halogens is 1. The van der Waals surface area contributed by atoms with E-state index >= 15 is 0 Å². The van der Waals surface area contributed by atoms with E-state index in [1.54, 1.807) is 6.92 Å². The number of ether oxygens (including phenoxy) is 1. The molecule has 3 nitrogen and oxygen atoms in total. The summed E-state index contributed by atoms with van der Waals surface area (Å²) in [5, 5.41) is 17.9. The summed E-state index contributed by atoms with van der Waals surface area (Å²) in [6, 6.07) is 0. The molecule has 0 aromatic carbocycles. The fourth-order valence-electron chi connectivity index (χ4n) is 1.22. The number of rotatable bonds is 1. The van der Waals surface area contributed by atoms with E-state index in [2.05, 4.69) is 0 Å². The zero-order valence-corrected chi connectivity index (χ0v) is 6.62. The quantitative estimate of drug-likeness (QED) is 0.567. The molecule has 0 bridgehead atoms. The van der Waals surface area contributed by atoms with Crippen LogP contribution in [0.1, 0.15) is 13.8 Å². The highest BCUT2D eigenvalue weighted by molar-refractivity contribution is 4.98. The van der Waals surface area contributed by atoms with Crippen molar-refractivity contribution in [3.63, 3.8) is 0 Å². The summed E-state index contributed by atoms with van der Waals surface area (Å²) in [5.74, 6) is 0. The van der Waals surface area contributed by atoms with Gasteiger partial charge in [0.1, 0.15) is 12.2 Å². The zero-order valence-electron chi connectivity index (χ0n) is 6.62. The van der Waals surface area contributed by atoms with Crippen molar-refractivity contribution in [2.75, 3.05) is 6.61 Å². The monoisotopic (exact) mass is 164 g/mol. The van der Waals surface area contributed by atoms with E-state index in [4.69, 9.17) is 9.84 Å². The average Bonchev–Trinajstić information content (AvgIpc) is 2.14. The number of hydrogen-bond donors (Lipinski definition) is 2. The lowest BCUT2D eigenvalue weighted by Crippen LogP contribution is -2.40. The van der Waals surface area contributed by atoms with Crippen molar-refractivity contribution in [1.29, 1.82) is 0 Å². The van der Waals surface area contributed by atoms with Crippen molar-refractivity contribution >= 4 is 0 Å². The Balaban J connectivity index is 2.71. The van der Waals surface area contributed by atoms with Gasteiger partial charge >= 0.3 is 0 Å². The Labute approximate surface area is 64.8 Å². The van der Waals surface area contributed by atoms with Crippen molar-refractivity contribution in [3.05, 3.63) is 0 Å². The van der Waals surface area contributed by atoms with Gasteiger partial charge in [0.2, 0.25) is 0 Å². The van der Waals surface area contributed by atoms with Gasteiger partial charge in [0, 0.05) is 0 Å². The topological polar surface area (TPSA) is 49.7 Å². The van der Waals surface area contributed by atoms with Gasteiger partial charge in [-0.1, -0.05) is 0 Å². The maximum absolute atomic E-state index is 13.3. The van der Waals surface area contributed by atoms with E-state index in [1.807, 2.05) is 0 Å². The predicted octanol–water partition coefficient (Wildman–Crippen LogP) is -0.145. The third-order valence-corrected chi connectivity index (χ3v) is 2.28. The molecule has 0 radical (unpaired) electrons. The first kappa shape index (κ1) is 8.90. The maximum Gasteiger partial charge on any atom is 0.162 e. The fourth-order valence-corrected chi connectivity index (χ4v) is 1.22. The fraction of sp³-hybridized carbons (Fsp3) is 1.00. The second-order valence-electron chi connectivity index (χ2n) is 3.10. The SMILES string of the molecule is C[C@@H]1O[C@H](CO)C(O)[C@@]1(C)F. The van der Waals surface area contributed by atoms with Gasteiger partial charge in [-0.25, -0.2) is 4.39 Å². The van der Waals surface area contributed by atoms with Crippen LogP contribution in [0, 0.1) is 0 Å². The Morgan fingerprint density at radius 2 is 2.18 bits per heavy atom. The van der Waals surface area contributed by atoms with Crippen LogP contribution in [0.25, 0.3) is 0 Å². The molecule has 1 aliphatic rings. The number of aliphatic hydroxyl groups is 2. The zero-order chi connectivity index (χ0) is 8.65. The van der Waals surface area contributed by atoms with Crippen LogP contribution in [0.4, 0.5) is 4.39 Å². The van der Waals surface area contributed by atoms with E-state index in [1.165, 1.54) is 6.92 Å². The van der Waals surface area contributed by atoms with Gasteiger partial charge in [0.05, 0.1) is 12.7 Å². The molecule has 0 saturated carbocycles. The molecule has 1 saturated heterocycles. The first-order valence-corrected chi connectivity index (χ1v) is 3.63. The third kappa shape index (κ3) is 1.26. The van der Waals surface area contributed by atoms with Crippen LogP contribution < -0.4 is 0 Å². The maximum atomic E-state index is 13.3. The second-order valence-corrected chi connectivity index (χ2v) is 3.10. The van der Waals surface area contributed by atoms with Gasteiger partial charge in [-0.15, -0.1) is 0 Å². The Bertz CT molecular complexity index is 149. The van der Waals surface area contributed by atoms with E-state index in [0.29, 0.717) is 0 Å². The molecular formula is C7H13FO3. The number of alkyl halides is 1. The average molecular weight is 164 g/mol. The van der Waals surface area contributed by atoms with Gasteiger partial charge in [-0.2, -0.15) is 0 Å². The molecule has 11 heavy (non-hydrogen) atoms. The van der Waals surface area contributed by atoms with Crippen LogP contribution in [0.2, 0.25) is 0 Å². The Morgan fingerprint density at radius 3 is 2.36 bits per heavy atom. The summed E-state index contributed by atoms with van der Waals surface area (Å²) >= 11 is 0. The van der Waals surface area contributed by atoms with Crippen molar-refractivity contribution in [2.45, 2.75) is 37.8 Å². The summed E-state index contributed by atoms with van der Waals surface area (Å²) in [4.78, 5) is 0. The van der Waals surface area contributed by atoms with Crippen LogP contribution in [0.5, 0.6) is 0 Å². The minimum Gasteiger partial charge on any atom is -0.394 e. The molecule has 4 heteroatoms. The molecule has 1 fully saturated rings. The molecule has 0 spiro atoms. The number of hydrogen-bond acceptors (Lipinski definition) is 3. The molecule has 1 unspecified atom stereocenters. The molecule has 0 aromatic rings. The Kier molecular flexibility index (Phi) is 2.18. The van der Waals surface area contributed by atoms with Gasteiger partial charge in [-0.05, 0) is 13.8 Å². The normalized spacial score (nSPS) is 51.5. The first-order valence-electron chi connectivity index (χ1n) is 3.63. The third-order valence-electron chi connectivity index (χ3n) is 2.28. The Hall–Kier alpha value is -0.190. The molecule has 1 heterocycles. The van der Waals surface area contributed by atoms with Crippen LogP contribution in [0.3, 0.4) is 0 Å². The lowest BCUT2D eigenvalue weighted by atomic mass is 9.96. The highest BCUT2D eigenvalue weighted by Crippen LogP contribution is 2.33. The number of aliphatic hydroxyl groups excluding tert-OH is 2. The minimum atomic E-state index is -1.74. The van der Waals surface area contributed by atoms with Gasteiger partial charge in [0.15, 0.2) is 5.67 Å². The van der Waals surface area contributed by atoms with Crippen molar-refractivity contribution in [3.8, 4) is 0 Å². The van der Waals surface area contributed by atoms with Crippen LogP contribution >= 0.6 is 0 Å². The first-order chi connectivity index (χ1) is 5.00. The lowest BCUT2D eigenvalue weighted by molar-refractivity contribution is -0.0172. The van der Waals surface area contributed by atoms with E-state index < -0.39 is 24.0 Å². The lowest BCUT2D eigenvalue weighted by Gasteiger charge is -2.20. The van der Waals surface area contributed by atoms with Crippen LogP contribution in [-0.4, -0.2) is 40.8 Å². The highest BCUT2D eigenvalue weighted by atomic mass is 19.1. The summed E-state index contributed by atoms with van der Waals surface area (Å²) in [6.07, 6.45) is -2.66. The molecule has 4 atom stereocenters. The van der Waals surface area contributed by atoms with E-state index in [0.717, 1.165) is 0 Å². The highest BCUT2D eigenvalue weighted by Gasteiger charge is 2.51. The standard InChI is InChI=1S/C7H13FO3/c1-4-7(2,8)6(10)5(3-9)11-4/h4-6,9-10H,3H2,1-2H3/t4-,5+,6?,7-/m0/s1. The second kappa shape index (κ2) is 2.69. The summed E-state index contributed by atoms with van der Waals surface area (Å²) in [7, 11) is 0. The molecule has 0 amide bonds. The smallest absolute Gasteiger partial charge is 0.162 e. The van der Waals surface area contributed by atoms with Crippen LogP contribution in [0.15, 0.2) is 0 Å². The summed E-state index contributed by atoms with van der Waals surface area (Å²) in [5.41, 5.74) is -1.74. The molecule has 0 aliphatic carbocycles. The summed E-state index contributed by atoms with van der Waals surface area (Å²) < 4.78 is 18.3. The molecule has 0 aromatic heterocycles. The van der Waals surface area contributed by atoms with Gasteiger partial charge in [0.25, 0.3) is 0 Å². The van der Waals surface area contributed by atoms with Crippen molar-refractivity contribution in [2.24, 2.45) is 0 Å². The molecule has 1 rings (SSSR count). The largest absolute Gasteiger partial charge is 0.394 e. The van der Waals surface area contributed by atoms with E-state index in [-0.39, 0.29) is 6.61 Å². The molecule has 2 N–H and O–H groups in total. The van der Waals surface area contributed by atoms with Crippen LogP contribution in [-0.2, 0) is 4.74 Å². The Morgan fingerprint density at radius 1 is 1.64 bits per heavy atom.